The Bertz CT molecular complexity index is 505. The Kier molecular flexibility index (Phi) is 4.14. The molecule has 2 amide bonds. The number of carbonyl (C=O) groups is 2. The van der Waals surface area contributed by atoms with Gasteiger partial charge in [-0.05, 0) is 23.6 Å². The number of amides is 2. The molecular weight excluding hydrogens is 252 g/mol. The van der Waals surface area contributed by atoms with Gasteiger partial charge in [-0.15, -0.1) is 11.3 Å². The van der Waals surface area contributed by atoms with Gasteiger partial charge in [0.05, 0.1) is 19.4 Å². The fourth-order valence-electron chi connectivity index (χ4n) is 1.32. The van der Waals surface area contributed by atoms with E-state index < -0.39 is 5.91 Å². The first-order valence-corrected chi connectivity index (χ1v) is 6.24. The van der Waals surface area contributed by atoms with Crippen LogP contribution in [0.5, 0.6) is 0 Å². The van der Waals surface area contributed by atoms with Crippen molar-refractivity contribution >= 4 is 23.2 Å². The lowest BCUT2D eigenvalue weighted by Gasteiger charge is -2.04. The molecule has 0 spiro atoms. The zero-order valence-corrected chi connectivity index (χ0v) is 10.3. The molecule has 2 heterocycles. The van der Waals surface area contributed by atoms with Crippen molar-refractivity contribution in [3.63, 3.8) is 0 Å². The molecule has 5 nitrogen and oxygen atoms in total. The van der Waals surface area contributed by atoms with E-state index in [1.54, 1.807) is 23.5 Å². The molecule has 0 aromatic carbocycles. The van der Waals surface area contributed by atoms with Gasteiger partial charge in [0.15, 0.2) is 5.76 Å². The van der Waals surface area contributed by atoms with E-state index in [-0.39, 0.29) is 18.2 Å². The standard InChI is InChI=1S/C12H12N2O3S/c15-11(13-7-9-3-2-6-18-9)8-14-12(16)10-4-1-5-17-10/h1-6H,7-8H2,(H,13,15)(H,14,16). The van der Waals surface area contributed by atoms with Gasteiger partial charge in [0.2, 0.25) is 5.91 Å². The predicted molar refractivity (Wildman–Crippen MR) is 67.2 cm³/mol. The molecule has 0 saturated heterocycles. The van der Waals surface area contributed by atoms with E-state index in [9.17, 15) is 9.59 Å². The summed E-state index contributed by atoms with van der Waals surface area (Å²) in [6.45, 7) is 0.415. The molecule has 6 heteroatoms. The summed E-state index contributed by atoms with van der Waals surface area (Å²) in [6.07, 6.45) is 1.41. The van der Waals surface area contributed by atoms with Crippen molar-refractivity contribution < 1.29 is 14.0 Å². The molecule has 2 rings (SSSR count). The van der Waals surface area contributed by atoms with Crippen LogP contribution in [0.4, 0.5) is 0 Å². The molecule has 18 heavy (non-hydrogen) atoms. The second-order valence-electron chi connectivity index (χ2n) is 3.52. The van der Waals surface area contributed by atoms with Crippen molar-refractivity contribution in [2.24, 2.45) is 0 Å². The maximum absolute atomic E-state index is 11.5. The molecular formula is C12H12N2O3S. The summed E-state index contributed by atoms with van der Waals surface area (Å²) in [6, 6.07) is 7.02. The first kappa shape index (κ1) is 12.4. The molecule has 0 atom stereocenters. The summed E-state index contributed by atoms with van der Waals surface area (Å²) in [7, 11) is 0. The van der Waals surface area contributed by atoms with Crippen molar-refractivity contribution in [2.45, 2.75) is 6.54 Å². The van der Waals surface area contributed by atoms with Crippen molar-refractivity contribution in [1.82, 2.24) is 10.6 Å². The summed E-state index contributed by atoms with van der Waals surface area (Å²) >= 11 is 1.57. The average Bonchev–Trinajstić information content (AvgIpc) is 3.05. The minimum atomic E-state index is -0.397. The highest BCUT2D eigenvalue weighted by molar-refractivity contribution is 7.09. The number of thiophene rings is 1. The normalized spacial score (nSPS) is 10.0. The third-order valence-corrected chi connectivity index (χ3v) is 3.07. The monoisotopic (exact) mass is 264 g/mol. The SMILES string of the molecule is O=C(CNC(=O)c1ccco1)NCc1cccs1. The molecule has 0 fully saturated rings. The highest BCUT2D eigenvalue weighted by Gasteiger charge is 2.09. The zero-order valence-electron chi connectivity index (χ0n) is 9.51. The van der Waals surface area contributed by atoms with Gasteiger partial charge in [0, 0.05) is 4.88 Å². The predicted octanol–water partition coefficient (Wildman–Crippen LogP) is 1.39. The topological polar surface area (TPSA) is 71.3 Å². The first-order chi connectivity index (χ1) is 8.75. The Morgan fingerprint density at radius 2 is 2.11 bits per heavy atom. The van der Waals surface area contributed by atoms with E-state index in [0.29, 0.717) is 6.54 Å². The van der Waals surface area contributed by atoms with Crippen LogP contribution in [0.1, 0.15) is 15.4 Å². The van der Waals surface area contributed by atoms with Crippen LogP contribution in [0.15, 0.2) is 40.3 Å². The molecule has 94 valence electrons. The Morgan fingerprint density at radius 3 is 2.78 bits per heavy atom. The summed E-state index contributed by atoms with van der Waals surface area (Å²) in [5.41, 5.74) is 0. The fraction of sp³-hybridized carbons (Fsp3) is 0.167. The van der Waals surface area contributed by atoms with Crippen LogP contribution in [0, 0.1) is 0 Å². The maximum atomic E-state index is 11.5. The minimum Gasteiger partial charge on any atom is -0.459 e. The third-order valence-electron chi connectivity index (χ3n) is 2.19. The molecule has 0 aliphatic carbocycles. The summed E-state index contributed by atoms with van der Waals surface area (Å²) in [5.74, 6) is -0.435. The van der Waals surface area contributed by atoms with Gasteiger partial charge in [0.25, 0.3) is 5.91 Å². The quantitative estimate of drug-likeness (QED) is 0.857. The van der Waals surface area contributed by atoms with Crippen LogP contribution in [-0.2, 0) is 11.3 Å². The minimum absolute atomic E-state index is 0.0646. The number of nitrogens with one attached hydrogen (secondary N) is 2. The highest BCUT2D eigenvalue weighted by Crippen LogP contribution is 2.07. The van der Waals surface area contributed by atoms with Gasteiger partial charge in [-0.2, -0.15) is 0 Å². The lowest BCUT2D eigenvalue weighted by atomic mass is 10.4. The van der Waals surface area contributed by atoms with E-state index >= 15 is 0 Å². The molecule has 0 radical (unpaired) electrons. The van der Waals surface area contributed by atoms with Crippen molar-refractivity contribution in [3.8, 4) is 0 Å². The molecule has 0 bridgehead atoms. The van der Waals surface area contributed by atoms with Crippen LogP contribution in [-0.4, -0.2) is 18.4 Å². The largest absolute Gasteiger partial charge is 0.459 e. The lowest BCUT2D eigenvalue weighted by molar-refractivity contribution is -0.120. The summed E-state index contributed by atoms with van der Waals surface area (Å²) in [5, 5.41) is 7.13. The van der Waals surface area contributed by atoms with Crippen LogP contribution >= 0.6 is 11.3 Å². The molecule has 0 aliphatic rings. The Labute approximate surface area is 108 Å². The van der Waals surface area contributed by atoms with E-state index in [2.05, 4.69) is 10.6 Å². The molecule has 0 aliphatic heterocycles. The molecule has 2 aromatic rings. The van der Waals surface area contributed by atoms with Gasteiger partial charge in [0.1, 0.15) is 0 Å². The summed E-state index contributed by atoms with van der Waals surface area (Å²) < 4.78 is 4.90. The van der Waals surface area contributed by atoms with Gasteiger partial charge in [-0.1, -0.05) is 6.07 Å². The van der Waals surface area contributed by atoms with Crippen molar-refractivity contribution in [3.05, 3.63) is 46.5 Å². The summed E-state index contributed by atoms with van der Waals surface area (Å²) in [4.78, 5) is 24.0. The lowest BCUT2D eigenvalue weighted by Crippen LogP contribution is -2.36. The average molecular weight is 264 g/mol. The van der Waals surface area contributed by atoms with Crippen molar-refractivity contribution in [2.75, 3.05) is 6.54 Å². The smallest absolute Gasteiger partial charge is 0.287 e. The van der Waals surface area contributed by atoms with Gasteiger partial charge >= 0.3 is 0 Å². The van der Waals surface area contributed by atoms with Crippen LogP contribution in [0.25, 0.3) is 0 Å². The molecule has 0 saturated carbocycles. The number of carbonyl (C=O) groups excluding carboxylic acids is 2. The molecule has 2 aromatic heterocycles. The van der Waals surface area contributed by atoms with Crippen LogP contribution in [0.3, 0.4) is 0 Å². The maximum Gasteiger partial charge on any atom is 0.287 e. The number of furan rings is 1. The van der Waals surface area contributed by atoms with E-state index in [1.807, 2.05) is 17.5 Å². The second-order valence-corrected chi connectivity index (χ2v) is 4.55. The highest BCUT2D eigenvalue weighted by atomic mass is 32.1. The van der Waals surface area contributed by atoms with Crippen LogP contribution < -0.4 is 10.6 Å². The fourth-order valence-corrected chi connectivity index (χ4v) is 1.96. The van der Waals surface area contributed by atoms with E-state index in [1.165, 1.54) is 6.26 Å². The second kappa shape index (κ2) is 6.02. The van der Waals surface area contributed by atoms with Gasteiger partial charge in [-0.3, -0.25) is 9.59 Å². The Hall–Kier alpha value is -2.08. The molecule has 0 unspecified atom stereocenters. The number of rotatable bonds is 5. The van der Waals surface area contributed by atoms with E-state index in [0.717, 1.165) is 4.88 Å². The van der Waals surface area contributed by atoms with Crippen molar-refractivity contribution in [1.29, 1.82) is 0 Å². The zero-order chi connectivity index (χ0) is 12.8. The van der Waals surface area contributed by atoms with E-state index in [4.69, 9.17) is 4.42 Å². The number of hydrogen-bond donors (Lipinski definition) is 2. The van der Waals surface area contributed by atoms with Gasteiger partial charge in [-0.25, -0.2) is 0 Å². The third kappa shape index (κ3) is 3.46. The Balaban J connectivity index is 1.70. The first-order valence-electron chi connectivity index (χ1n) is 5.36. The van der Waals surface area contributed by atoms with Crippen LogP contribution in [0.2, 0.25) is 0 Å². The number of hydrogen-bond acceptors (Lipinski definition) is 4. The Morgan fingerprint density at radius 1 is 1.22 bits per heavy atom. The van der Waals surface area contributed by atoms with Gasteiger partial charge < -0.3 is 15.1 Å². The molecule has 2 N–H and O–H groups in total.